The first kappa shape index (κ1) is 17.5. The van der Waals surface area contributed by atoms with E-state index in [0.717, 1.165) is 0 Å². The minimum absolute atomic E-state index is 0.0411. The van der Waals surface area contributed by atoms with Gasteiger partial charge in [0.05, 0.1) is 12.2 Å². The van der Waals surface area contributed by atoms with Gasteiger partial charge in [0.1, 0.15) is 5.69 Å². The van der Waals surface area contributed by atoms with Gasteiger partial charge in [-0.2, -0.15) is 13.2 Å². The largest absolute Gasteiger partial charge is 0.417 e. The number of aliphatic hydroxyl groups excluding tert-OH is 1. The number of urea groups is 1. The average Bonchev–Trinajstić information content (AvgIpc) is 2.54. The van der Waals surface area contributed by atoms with Crippen LogP contribution in [0.3, 0.4) is 0 Å². The molecule has 2 amide bonds. The minimum atomic E-state index is -4.64. The first-order valence-corrected chi connectivity index (χ1v) is 6.83. The second-order valence-corrected chi connectivity index (χ2v) is 4.86. The molecule has 9 heteroatoms. The molecule has 0 bridgehead atoms. The number of pyridine rings is 1. The maximum Gasteiger partial charge on any atom is 0.417 e. The highest BCUT2D eigenvalue weighted by atomic mass is 19.4. The van der Waals surface area contributed by atoms with Crippen molar-refractivity contribution >= 4 is 11.7 Å². The second-order valence-electron chi connectivity index (χ2n) is 4.86. The Labute approximate surface area is 134 Å². The SMILES string of the molecule is O=C(NCc1ccccc1CO)Nc1cc(C(F)(F)F)c[nH]c1=O. The topological polar surface area (TPSA) is 94.2 Å². The molecule has 1 aromatic heterocycles. The lowest BCUT2D eigenvalue weighted by atomic mass is 10.1. The number of halogens is 3. The summed E-state index contributed by atoms with van der Waals surface area (Å²) < 4.78 is 37.8. The molecule has 0 aliphatic rings. The molecule has 1 aromatic carbocycles. The molecule has 0 atom stereocenters. The first-order chi connectivity index (χ1) is 11.3. The summed E-state index contributed by atoms with van der Waals surface area (Å²) in [5.74, 6) is 0. The van der Waals surface area contributed by atoms with Crippen LogP contribution in [0, 0.1) is 0 Å². The summed E-state index contributed by atoms with van der Waals surface area (Å²) in [5.41, 5.74) is -1.20. The summed E-state index contributed by atoms with van der Waals surface area (Å²) in [7, 11) is 0. The molecule has 2 rings (SSSR count). The number of alkyl halides is 3. The fraction of sp³-hybridized carbons (Fsp3) is 0.200. The molecule has 4 N–H and O–H groups in total. The number of aliphatic hydroxyl groups is 1. The van der Waals surface area contributed by atoms with Gasteiger partial charge in [-0.15, -0.1) is 0 Å². The van der Waals surface area contributed by atoms with Crippen molar-refractivity contribution in [3.05, 3.63) is 63.6 Å². The highest BCUT2D eigenvalue weighted by Gasteiger charge is 2.31. The van der Waals surface area contributed by atoms with Gasteiger partial charge in [0, 0.05) is 12.7 Å². The van der Waals surface area contributed by atoms with Crippen molar-refractivity contribution in [3.8, 4) is 0 Å². The number of nitrogens with one attached hydrogen (secondary N) is 3. The van der Waals surface area contributed by atoms with E-state index in [1.165, 1.54) is 0 Å². The third-order valence-electron chi connectivity index (χ3n) is 3.21. The van der Waals surface area contributed by atoms with Gasteiger partial charge in [0.2, 0.25) is 0 Å². The van der Waals surface area contributed by atoms with Crippen LogP contribution in [-0.2, 0) is 19.3 Å². The maximum atomic E-state index is 12.6. The molecule has 0 spiro atoms. The Morgan fingerprint density at radius 3 is 2.50 bits per heavy atom. The number of aromatic nitrogens is 1. The van der Waals surface area contributed by atoms with E-state index in [4.69, 9.17) is 0 Å². The fourth-order valence-corrected chi connectivity index (χ4v) is 1.97. The van der Waals surface area contributed by atoms with Gasteiger partial charge < -0.3 is 20.7 Å². The summed E-state index contributed by atoms with van der Waals surface area (Å²) in [6.07, 6.45) is -4.11. The van der Waals surface area contributed by atoms with Crippen LogP contribution < -0.4 is 16.2 Å². The van der Waals surface area contributed by atoms with Crippen molar-refractivity contribution in [2.75, 3.05) is 5.32 Å². The number of H-pyrrole nitrogens is 1. The van der Waals surface area contributed by atoms with Crippen LogP contribution in [0.25, 0.3) is 0 Å². The van der Waals surface area contributed by atoms with Crippen LogP contribution in [0.1, 0.15) is 16.7 Å². The summed E-state index contributed by atoms with van der Waals surface area (Å²) in [6.45, 7) is -0.174. The van der Waals surface area contributed by atoms with E-state index in [9.17, 15) is 27.9 Å². The van der Waals surface area contributed by atoms with Gasteiger partial charge in [-0.05, 0) is 17.2 Å². The van der Waals surface area contributed by atoms with Gasteiger partial charge >= 0.3 is 12.2 Å². The van der Waals surface area contributed by atoms with Gasteiger partial charge in [0.25, 0.3) is 5.56 Å². The van der Waals surface area contributed by atoms with E-state index in [2.05, 4.69) is 10.6 Å². The van der Waals surface area contributed by atoms with Gasteiger partial charge in [-0.1, -0.05) is 24.3 Å². The first-order valence-electron chi connectivity index (χ1n) is 6.83. The minimum Gasteiger partial charge on any atom is -0.392 e. The summed E-state index contributed by atoms with van der Waals surface area (Å²) in [6, 6.07) is 6.51. The molecule has 2 aromatic rings. The number of anilines is 1. The van der Waals surface area contributed by atoms with E-state index < -0.39 is 29.0 Å². The predicted molar refractivity (Wildman–Crippen MR) is 80.3 cm³/mol. The van der Waals surface area contributed by atoms with Crippen molar-refractivity contribution in [2.45, 2.75) is 19.3 Å². The molecule has 1 heterocycles. The summed E-state index contributed by atoms with van der Waals surface area (Å²) in [4.78, 5) is 25.2. The lowest BCUT2D eigenvalue weighted by molar-refractivity contribution is -0.137. The number of hydrogen-bond acceptors (Lipinski definition) is 3. The highest BCUT2D eigenvalue weighted by molar-refractivity contribution is 5.89. The molecule has 0 radical (unpaired) electrons. The molecule has 6 nitrogen and oxygen atoms in total. The Balaban J connectivity index is 2.06. The summed E-state index contributed by atoms with van der Waals surface area (Å²) in [5, 5.41) is 13.7. The third-order valence-corrected chi connectivity index (χ3v) is 3.21. The predicted octanol–water partition coefficient (Wildman–Crippen LogP) is 2.21. The molecule has 0 saturated carbocycles. The lowest BCUT2D eigenvalue weighted by Crippen LogP contribution is -2.31. The Bertz CT molecular complexity index is 787. The van der Waals surface area contributed by atoms with Crippen LogP contribution >= 0.6 is 0 Å². The lowest BCUT2D eigenvalue weighted by Gasteiger charge is -2.11. The van der Waals surface area contributed by atoms with Crippen molar-refractivity contribution in [1.29, 1.82) is 0 Å². The number of carbonyl (C=O) groups excluding carboxylic acids is 1. The van der Waals surface area contributed by atoms with Crippen LogP contribution in [-0.4, -0.2) is 16.1 Å². The molecule has 0 saturated heterocycles. The van der Waals surface area contributed by atoms with E-state index in [-0.39, 0.29) is 13.2 Å². The van der Waals surface area contributed by atoms with Crippen LogP contribution in [0.5, 0.6) is 0 Å². The maximum absolute atomic E-state index is 12.6. The van der Waals surface area contributed by atoms with E-state index in [1.54, 1.807) is 24.3 Å². The normalized spacial score (nSPS) is 11.2. The molecule has 128 valence electrons. The number of rotatable bonds is 4. The zero-order valence-electron chi connectivity index (χ0n) is 12.3. The quantitative estimate of drug-likeness (QED) is 0.687. The number of aromatic amines is 1. The zero-order valence-corrected chi connectivity index (χ0v) is 12.3. The van der Waals surface area contributed by atoms with Gasteiger partial charge in [0.15, 0.2) is 0 Å². The molecule has 0 fully saturated rings. The monoisotopic (exact) mass is 341 g/mol. The van der Waals surface area contributed by atoms with Crippen molar-refractivity contribution in [2.24, 2.45) is 0 Å². The van der Waals surface area contributed by atoms with Crippen molar-refractivity contribution < 1.29 is 23.1 Å². The Hall–Kier alpha value is -2.81. The molecular weight excluding hydrogens is 327 g/mol. The summed E-state index contributed by atoms with van der Waals surface area (Å²) >= 11 is 0. The highest BCUT2D eigenvalue weighted by Crippen LogP contribution is 2.29. The van der Waals surface area contributed by atoms with Crippen molar-refractivity contribution in [1.82, 2.24) is 10.3 Å². The van der Waals surface area contributed by atoms with Gasteiger partial charge in [-0.25, -0.2) is 4.79 Å². The average molecular weight is 341 g/mol. The van der Waals surface area contributed by atoms with E-state index in [1.807, 2.05) is 4.98 Å². The number of hydrogen-bond donors (Lipinski definition) is 4. The Morgan fingerprint density at radius 2 is 1.88 bits per heavy atom. The Kier molecular flexibility index (Phi) is 5.24. The second kappa shape index (κ2) is 7.18. The molecular formula is C15H14F3N3O3. The molecule has 0 aliphatic heterocycles. The number of benzene rings is 1. The third kappa shape index (κ3) is 4.35. The Morgan fingerprint density at radius 1 is 1.21 bits per heavy atom. The van der Waals surface area contributed by atoms with Crippen LogP contribution in [0.4, 0.5) is 23.7 Å². The van der Waals surface area contributed by atoms with Crippen LogP contribution in [0.2, 0.25) is 0 Å². The van der Waals surface area contributed by atoms with Crippen LogP contribution in [0.15, 0.2) is 41.3 Å². The number of carbonyl (C=O) groups is 1. The van der Waals surface area contributed by atoms with E-state index in [0.29, 0.717) is 23.4 Å². The molecule has 24 heavy (non-hydrogen) atoms. The molecule has 0 aliphatic carbocycles. The standard InChI is InChI=1S/C15H14F3N3O3/c16-15(17,18)11-5-12(13(23)19-7-11)21-14(24)20-6-9-3-1-2-4-10(9)8-22/h1-5,7,22H,6,8H2,(H,19,23)(H2,20,21,24). The van der Waals surface area contributed by atoms with Crippen molar-refractivity contribution in [3.63, 3.8) is 0 Å². The van der Waals surface area contributed by atoms with Gasteiger partial charge in [-0.3, -0.25) is 4.79 Å². The number of amides is 2. The smallest absolute Gasteiger partial charge is 0.392 e. The zero-order chi connectivity index (χ0) is 17.7. The fourth-order valence-electron chi connectivity index (χ4n) is 1.97. The van der Waals surface area contributed by atoms with E-state index >= 15 is 0 Å². The molecule has 0 unspecified atom stereocenters.